The third-order valence-corrected chi connectivity index (χ3v) is 5.83. The lowest BCUT2D eigenvalue weighted by Gasteiger charge is -2.04. The number of carbonyl (C=O) groups excluding carboxylic acids is 1. The van der Waals surface area contributed by atoms with Gasteiger partial charge in [-0.3, -0.25) is 4.79 Å². The van der Waals surface area contributed by atoms with Crippen LogP contribution >= 0.6 is 0 Å². The molecule has 0 saturated heterocycles. The average molecular weight is 376 g/mol. The first kappa shape index (κ1) is 18.8. The Labute approximate surface area is 167 Å². The third kappa shape index (κ3) is 4.46. The van der Waals surface area contributed by atoms with Gasteiger partial charge in [0, 0.05) is 24.8 Å². The lowest BCUT2D eigenvalue weighted by molar-refractivity contribution is -0.120. The van der Waals surface area contributed by atoms with Crippen LogP contribution in [0.3, 0.4) is 0 Å². The first-order valence-electron chi connectivity index (χ1n) is 10.6. The van der Waals surface area contributed by atoms with Crippen LogP contribution in [0, 0.1) is 5.92 Å². The molecule has 1 aromatic heterocycles. The van der Waals surface area contributed by atoms with E-state index in [2.05, 4.69) is 59.9 Å². The lowest BCUT2D eigenvalue weighted by atomic mass is 10.0. The zero-order valence-corrected chi connectivity index (χ0v) is 16.6. The number of aryl methyl sites for hydroxylation is 2. The van der Waals surface area contributed by atoms with Crippen molar-refractivity contribution in [2.45, 2.75) is 51.4 Å². The zero-order valence-electron chi connectivity index (χ0n) is 16.6. The third-order valence-electron chi connectivity index (χ3n) is 5.83. The van der Waals surface area contributed by atoms with Crippen molar-refractivity contribution in [3.05, 3.63) is 71.5 Å². The Morgan fingerprint density at radius 2 is 1.89 bits per heavy atom. The lowest BCUT2D eigenvalue weighted by Crippen LogP contribution is -2.24. The fourth-order valence-corrected chi connectivity index (χ4v) is 4.08. The maximum atomic E-state index is 11.5. The van der Waals surface area contributed by atoms with Gasteiger partial charge in [-0.2, -0.15) is 0 Å². The fourth-order valence-electron chi connectivity index (χ4n) is 4.08. The molecule has 1 unspecified atom stereocenters. The number of hydrogen-bond acceptors (Lipinski definition) is 2. The summed E-state index contributed by atoms with van der Waals surface area (Å²) in [5, 5.41) is 4.29. The number of hydrogen-bond donors (Lipinski definition) is 1. The second kappa shape index (κ2) is 8.64. The molecular weight excluding hydrogens is 346 g/mol. The molecule has 1 N–H and O–H groups in total. The summed E-state index contributed by atoms with van der Waals surface area (Å²) >= 11 is 0. The second-order valence-electron chi connectivity index (χ2n) is 7.92. The average Bonchev–Trinajstić information content (AvgIpc) is 3.38. The highest BCUT2D eigenvalue weighted by atomic mass is 16.3. The predicted octanol–water partition coefficient (Wildman–Crippen LogP) is 5.63. The Hall–Kier alpha value is -2.55. The standard InChI is InChI=1S/C25H29NO2/c1-2-25(27)26-17-19-15-22(19)21-13-8-14-24-23(21)16-20(28-24)12-7-6-11-18-9-4-3-5-10-18/h3-5,8-10,13-14,16,19,22H,2,6-7,11-12,15,17H2,1H3,(H,26,27)/t19-,22?/m0/s1. The molecule has 1 aliphatic carbocycles. The minimum absolute atomic E-state index is 0.143. The molecule has 1 amide bonds. The van der Waals surface area contributed by atoms with Crippen LogP contribution in [0.1, 0.15) is 55.4 Å². The largest absolute Gasteiger partial charge is 0.461 e. The van der Waals surface area contributed by atoms with Crippen molar-refractivity contribution < 1.29 is 9.21 Å². The molecule has 0 spiro atoms. The minimum atomic E-state index is 0.143. The molecule has 1 saturated carbocycles. The van der Waals surface area contributed by atoms with Crippen LogP contribution in [-0.4, -0.2) is 12.5 Å². The van der Waals surface area contributed by atoms with Crippen LogP contribution in [0.25, 0.3) is 11.0 Å². The van der Waals surface area contributed by atoms with Crippen molar-refractivity contribution >= 4 is 16.9 Å². The highest BCUT2D eigenvalue weighted by molar-refractivity contribution is 5.83. The molecule has 3 nitrogen and oxygen atoms in total. The molecule has 28 heavy (non-hydrogen) atoms. The Bertz CT molecular complexity index is 928. The molecule has 0 bridgehead atoms. The number of nitrogens with one attached hydrogen (secondary N) is 1. The number of rotatable bonds is 9. The number of amides is 1. The Kier molecular flexibility index (Phi) is 5.80. The number of furan rings is 1. The highest BCUT2D eigenvalue weighted by Gasteiger charge is 2.39. The maximum absolute atomic E-state index is 11.5. The molecular formula is C25H29NO2. The van der Waals surface area contributed by atoms with Crippen molar-refractivity contribution in [3.8, 4) is 0 Å². The van der Waals surface area contributed by atoms with E-state index < -0.39 is 0 Å². The van der Waals surface area contributed by atoms with Gasteiger partial charge < -0.3 is 9.73 Å². The van der Waals surface area contributed by atoms with E-state index >= 15 is 0 Å². The van der Waals surface area contributed by atoms with Gasteiger partial charge in [-0.05, 0) is 60.8 Å². The molecule has 4 rings (SSSR count). The van der Waals surface area contributed by atoms with Crippen molar-refractivity contribution in [1.29, 1.82) is 0 Å². The minimum Gasteiger partial charge on any atom is -0.461 e. The van der Waals surface area contributed by atoms with Gasteiger partial charge in [-0.1, -0.05) is 49.4 Å². The number of unbranched alkanes of at least 4 members (excludes halogenated alkanes) is 1. The summed E-state index contributed by atoms with van der Waals surface area (Å²) < 4.78 is 6.12. The van der Waals surface area contributed by atoms with E-state index in [0.717, 1.165) is 43.6 Å². The predicted molar refractivity (Wildman–Crippen MR) is 113 cm³/mol. The van der Waals surface area contributed by atoms with Crippen LogP contribution in [0.2, 0.25) is 0 Å². The molecule has 0 radical (unpaired) electrons. The highest BCUT2D eigenvalue weighted by Crippen LogP contribution is 2.49. The van der Waals surface area contributed by atoms with Crippen LogP contribution in [0.4, 0.5) is 0 Å². The van der Waals surface area contributed by atoms with Gasteiger partial charge in [0.15, 0.2) is 0 Å². The molecule has 3 aromatic rings. The van der Waals surface area contributed by atoms with E-state index in [0.29, 0.717) is 18.3 Å². The van der Waals surface area contributed by atoms with Gasteiger partial charge in [0.05, 0.1) is 0 Å². The van der Waals surface area contributed by atoms with E-state index in [9.17, 15) is 4.79 Å². The van der Waals surface area contributed by atoms with Crippen molar-refractivity contribution in [2.75, 3.05) is 6.54 Å². The van der Waals surface area contributed by atoms with E-state index in [-0.39, 0.29) is 5.91 Å². The van der Waals surface area contributed by atoms with Crippen LogP contribution < -0.4 is 5.32 Å². The Morgan fingerprint density at radius 3 is 2.71 bits per heavy atom. The van der Waals surface area contributed by atoms with E-state index in [1.165, 1.54) is 22.9 Å². The number of carbonyl (C=O) groups is 1. The molecule has 2 aromatic carbocycles. The van der Waals surface area contributed by atoms with Gasteiger partial charge in [-0.15, -0.1) is 0 Å². The van der Waals surface area contributed by atoms with Gasteiger partial charge in [-0.25, -0.2) is 0 Å². The van der Waals surface area contributed by atoms with Crippen LogP contribution in [-0.2, 0) is 17.6 Å². The zero-order chi connectivity index (χ0) is 19.3. The molecule has 0 aliphatic heterocycles. The summed E-state index contributed by atoms with van der Waals surface area (Å²) in [5.74, 6) is 2.34. The second-order valence-corrected chi connectivity index (χ2v) is 7.92. The van der Waals surface area contributed by atoms with Gasteiger partial charge in [0.1, 0.15) is 11.3 Å². The first-order chi connectivity index (χ1) is 13.7. The Balaban J connectivity index is 1.34. The monoisotopic (exact) mass is 375 g/mol. The van der Waals surface area contributed by atoms with E-state index in [1.807, 2.05) is 6.92 Å². The SMILES string of the molecule is CCC(=O)NC[C@@H]1CC1c1cccc2oc(CCCCc3ccccc3)cc12. The molecule has 1 heterocycles. The quantitative estimate of drug-likeness (QED) is 0.493. The number of fused-ring (bicyclic) bond motifs is 1. The van der Waals surface area contributed by atoms with Crippen molar-refractivity contribution in [2.24, 2.45) is 5.92 Å². The van der Waals surface area contributed by atoms with Crippen molar-refractivity contribution in [3.63, 3.8) is 0 Å². The van der Waals surface area contributed by atoms with Gasteiger partial charge >= 0.3 is 0 Å². The van der Waals surface area contributed by atoms with Gasteiger partial charge in [0.2, 0.25) is 5.91 Å². The maximum Gasteiger partial charge on any atom is 0.219 e. The normalized spacial score (nSPS) is 18.3. The first-order valence-corrected chi connectivity index (χ1v) is 10.6. The Morgan fingerprint density at radius 1 is 1.07 bits per heavy atom. The van der Waals surface area contributed by atoms with Crippen molar-refractivity contribution in [1.82, 2.24) is 5.32 Å². The van der Waals surface area contributed by atoms with E-state index in [1.54, 1.807) is 0 Å². The summed E-state index contributed by atoms with van der Waals surface area (Å²) in [7, 11) is 0. The van der Waals surface area contributed by atoms with Crippen LogP contribution in [0.5, 0.6) is 0 Å². The fraction of sp³-hybridized carbons (Fsp3) is 0.400. The molecule has 2 atom stereocenters. The molecule has 1 aliphatic rings. The summed E-state index contributed by atoms with van der Waals surface area (Å²) in [6.45, 7) is 2.69. The summed E-state index contributed by atoms with van der Waals surface area (Å²) in [5.41, 5.74) is 3.79. The summed E-state index contributed by atoms with van der Waals surface area (Å²) in [4.78, 5) is 11.5. The van der Waals surface area contributed by atoms with Crippen LogP contribution in [0.15, 0.2) is 59.0 Å². The summed E-state index contributed by atoms with van der Waals surface area (Å²) in [6, 6.07) is 19.3. The summed E-state index contributed by atoms with van der Waals surface area (Å²) in [6.07, 6.45) is 6.14. The van der Waals surface area contributed by atoms with Gasteiger partial charge in [0.25, 0.3) is 0 Å². The molecule has 1 fully saturated rings. The molecule has 146 valence electrons. The van der Waals surface area contributed by atoms with E-state index in [4.69, 9.17) is 4.42 Å². The smallest absolute Gasteiger partial charge is 0.219 e. The number of benzene rings is 2. The molecule has 3 heteroatoms. The topological polar surface area (TPSA) is 42.2 Å².